The number of fused-ring (bicyclic) bond motifs is 1. The number of hydrogen-bond acceptors (Lipinski definition) is 2. The molecule has 0 bridgehead atoms. The summed E-state index contributed by atoms with van der Waals surface area (Å²) in [5, 5.41) is 8.02. The summed E-state index contributed by atoms with van der Waals surface area (Å²) in [6.45, 7) is 0.635. The number of nitrogens with one attached hydrogen (secondary N) is 1. The van der Waals surface area contributed by atoms with Gasteiger partial charge in [0.2, 0.25) is 0 Å². The summed E-state index contributed by atoms with van der Waals surface area (Å²) in [5.41, 5.74) is 1.45. The van der Waals surface area contributed by atoms with Gasteiger partial charge in [0.15, 0.2) is 5.69 Å². The molecule has 1 heterocycles. The molecule has 0 atom stereocenters. The van der Waals surface area contributed by atoms with Crippen molar-refractivity contribution in [2.24, 2.45) is 7.05 Å². The van der Waals surface area contributed by atoms with Crippen LogP contribution < -0.4 is 5.32 Å². The number of nitrogens with zero attached hydrogens (tertiary/aromatic N) is 2. The summed E-state index contributed by atoms with van der Waals surface area (Å²) < 4.78 is 1.73. The third-order valence-corrected chi connectivity index (χ3v) is 3.09. The predicted molar refractivity (Wildman–Crippen MR) is 73.0 cm³/mol. The number of hydrogen-bond donors (Lipinski definition) is 1. The molecule has 0 unspecified atom stereocenters. The van der Waals surface area contributed by atoms with E-state index in [-0.39, 0.29) is 5.91 Å². The number of amides is 1. The van der Waals surface area contributed by atoms with Crippen molar-refractivity contribution in [3.63, 3.8) is 0 Å². The van der Waals surface area contributed by atoms with Crippen LogP contribution in [0.4, 0.5) is 0 Å². The summed E-state index contributed by atoms with van der Waals surface area (Å²) in [6.07, 6.45) is 1.80. The Morgan fingerprint density at radius 1 is 1.39 bits per heavy atom. The second-order valence-corrected chi connectivity index (χ2v) is 4.52. The highest BCUT2D eigenvalue weighted by molar-refractivity contribution is 6.17. The maximum Gasteiger partial charge on any atom is 0.272 e. The molecule has 1 amide bonds. The van der Waals surface area contributed by atoms with Gasteiger partial charge >= 0.3 is 0 Å². The zero-order valence-electron chi connectivity index (χ0n) is 10.3. The van der Waals surface area contributed by atoms with Crippen molar-refractivity contribution in [1.29, 1.82) is 0 Å². The minimum absolute atomic E-state index is 0.124. The van der Waals surface area contributed by atoms with E-state index in [2.05, 4.69) is 10.4 Å². The Balaban J connectivity index is 2.13. The Bertz CT molecular complexity index is 550. The van der Waals surface area contributed by atoms with E-state index in [1.165, 1.54) is 0 Å². The van der Waals surface area contributed by atoms with Crippen LogP contribution in [0.3, 0.4) is 0 Å². The number of rotatable bonds is 5. The fourth-order valence-corrected chi connectivity index (χ4v) is 2.08. The number of benzene rings is 1. The molecule has 1 N–H and O–H groups in total. The molecule has 1 aromatic heterocycles. The second-order valence-electron chi connectivity index (χ2n) is 4.14. The van der Waals surface area contributed by atoms with Crippen LogP contribution in [-0.4, -0.2) is 28.1 Å². The zero-order valence-corrected chi connectivity index (χ0v) is 11.1. The summed E-state index contributed by atoms with van der Waals surface area (Å²) in [4.78, 5) is 12.0. The lowest BCUT2D eigenvalue weighted by Crippen LogP contribution is -2.25. The lowest BCUT2D eigenvalue weighted by Gasteiger charge is -2.01. The lowest BCUT2D eigenvalue weighted by atomic mass is 10.2. The van der Waals surface area contributed by atoms with Crippen molar-refractivity contribution in [2.45, 2.75) is 12.8 Å². The van der Waals surface area contributed by atoms with Crippen LogP contribution in [0.25, 0.3) is 10.9 Å². The van der Waals surface area contributed by atoms with Gasteiger partial charge in [-0.1, -0.05) is 18.2 Å². The first-order valence-electron chi connectivity index (χ1n) is 6.00. The summed E-state index contributed by atoms with van der Waals surface area (Å²) in [5.74, 6) is 0.504. The molecule has 0 aliphatic carbocycles. The van der Waals surface area contributed by atoms with Crippen LogP contribution in [0.5, 0.6) is 0 Å². The van der Waals surface area contributed by atoms with E-state index >= 15 is 0 Å². The largest absolute Gasteiger partial charge is 0.351 e. The molecule has 0 aliphatic heterocycles. The Kier molecular flexibility index (Phi) is 4.20. The molecular weight excluding hydrogens is 250 g/mol. The number of halogens is 1. The average Bonchev–Trinajstić information content (AvgIpc) is 2.73. The number of carbonyl (C=O) groups is 1. The Hall–Kier alpha value is -1.55. The van der Waals surface area contributed by atoms with E-state index in [0.29, 0.717) is 18.1 Å². The van der Waals surface area contributed by atoms with E-state index in [1.54, 1.807) is 4.68 Å². The minimum atomic E-state index is -0.124. The number of para-hydroxylation sites is 1. The van der Waals surface area contributed by atoms with Crippen LogP contribution in [0.15, 0.2) is 24.3 Å². The molecule has 2 aromatic rings. The molecule has 18 heavy (non-hydrogen) atoms. The molecule has 0 saturated heterocycles. The van der Waals surface area contributed by atoms with Gasteiger partial charge in [0, 0.05) is 24.9 Å². The average molecular weight is 266 g/mol. The van der Waals surface area contributed by atoms with Crippen molar-refractivity contribution in [3.8, 4) is 0 Å². The van der Waals surface area contributed by atoms with Crippen molar-refractivity contribution in [1.82, 2.24) is 15.1 Å². The van der Waals surface area contributed by atoms with Crippen molar-refractivity contribution < 1.29 is 4.79 Å². The van der Waals surface area contributed by atoms with Gasteiger partial charge in [0.25, 0.3) is 5.91 Å². The van der Waals surface area contributed by atoms with Crippen LogP contribution in [0, 0.1) is 0 Å². The molecule has 4 nitrogen and oxygen atoms in total. The summed E-state index contributed by atoms with van der Waals surface area (Å²) >= 11 is 5.59. The molecular formula is C13H16ClN3O. The maximum absolute atomic E-state index is 12.0. The van der Waals surface area contributed by atoms with Crippen molar-refractivity contribution >= 4 is 28.4 Å². The predicted octanol–water partition coefficient (Wildman–Crippen LogP) is 2.32. The fourth-order valence-electron chi connectivity index (χ4n) is 1.89. The Morgan fingerprint density at radius 3 is 2.94 bits per heavy atom. The monoisotopic (exact) mass is 265 g/mol. The Labute approximate surface area is 111 Å². The standard InChI is InChI=1S/C13H16ClN3O/c1-17-11-7-3-2-6-10(11)12(16-17)13(18)15-9-5-4-8-14/h2-3,6-7H,4-5,8-9H2,1H3,(H,15,18). The van der Waals surface area contributed by atoms with E-state index in [1.807, 2.05) is 31.3 Å². The zero-order chi connectivity index (χ0) is 13.0. The number of unbranched alkanes of at least 4 members (excludes halogenated alkanes) is 1. The molecule has 0 spiro atoms. The minimum Gasteiger partial charge on any atom is -0.351 e. The van der Waals surface area contributed by atoms with Crippen molar-refractivity contribution in [3.05, 3.63) is 30.0 Å². The van der Waals surface area contributed by atoms with Gasteiger partial charge in [0.1, 0.15) is 0 Å². The van der Waals surface area contributed by atoms with Gasteiger partial charge in [0.05, 0.1) is 5.52 Å². The van der Waals surface area contributed by atoms with Crippen molar-refractivity contribution in [2.75, 3.05) is 12.4 Å². The maximum atomic E-state index is 12.0. The van der Waals surface area contributed by atoms with E-state index < -0.39 is 0 Å². The van der Waals surface area contributed by atoms with Crippen LogP contribution in [0.1, 0.15) is 23.3 Å². The number of carbonyl (C=O) groups excluding carboxylic acids is 1. The molecule has 0 aliphatic rings. The molecule has 1 aromatic carbocycles. The van der Waals surface area contributed by atoms with E-state index in [4.69, 9.17) is 11.6 Å². The van der Waals surface area contributed by atoms with Gasteiger partial charge in [-0.05, 0) is 18.9 Å². The van der Waals surface area contributed by atoms with Gasteiger partial charge in [-0.15, -0.1) is 11.6 Å². The van der Waals surface area contributed by atoms with E-state index in [0.717, 1.165) is 23.7 Å². The highest BCUT2D eigenvalue weighted by atomic mass is 35.5. The molecule has 0 saturated carbocycles. The topological polar surface area (TPSA) is 46.9 Å². The van der Waals surface area contributed by atoms with Gasteiger partial charge in [-0.25, -0.2) is 0 Å². The fraction of sp³-hybridized carbons (Fsp3) is 0.385. The number of alkyl halides is 1. The first kappa shape index (κ1) is 12.9. The Morgan fingerprint density at radius 2 is 2.17 bits per heavy atom. The number of aryl methyl sites for hydroxylation is 1. The SMILES string of the molecule is Cn1nc(C(=O)NCCCCCl)c2ccccc21. The van der Waals surface area contributed by atoms with Gasteiger partial charge < -0.3 is 5.32 Å². The summed E-state index contributed by atoms with van der Waals surface area (Å²) in [7, 11) is 1.84. The second kappa shape index (κ2) is 5.87. The normalized spacial score (nSPS) is 10.8. The van der Waals surface area contributed by atoms with Gasteiger partial charge in [-0.3, -0.25) is 9.48 Å². The molecule has 0 fully saturated rings. The number of aromatic nitrogens is 2. The smallest absolute Gasteiger partial charge is 0.272 e. The molecule has 2 rings (SSSR count). The molecule has 5 heteroatoms. The first-order chi connectivity index (χ1) is 8.74. The highest BCUT2D eigenvalue weighted by Crippen LogP contribution is 2.17. The quantitative estimate of drug-likeness (QED) is 0.666. The van der Waals surface area contributed by atoms with Crippen LogP contribution in [0.2, 0.25) is 0 Å². The highest BCUT2D eigenvalue weighted by Gasteiger charge is 2.14. The third-order valence-electron chi connectivity index (χ3n) is 2.82. The van der Waals surface area contributed by atoms with Crippen LogP contribution in [-0.2, 0) is 7.05 Å². The summed E-state index contributed by atoms with van der Waals surface area (Å²) in [6, 6.07) is 7.71. The van der Waals surface area contributed by atoms with Crippen LogP contribution >= 0.6 is 11.6 Å². The van der Waals surface area contributed by atoms with E-state index in [9.17, 15) is 4.79 Å². The molecule has 0 radical (unpaired) electrons. The lowest BCUT2D eigenvalue weighted by molar-refractivity contribution is 0.0949. The third kappa shape index (κ3) is 2.64. The first-order valence-corrected chi connectivity index (χ1v) is 6.53. The molecule has 96 valence electrons. The van der Waals surface area contributed by atoms with Gasteiger partial charge in [-0.2, -0.15) is 5.10 Å².